The zero-order valence-corrected chi connectivity index (χ0v) is 18.5. The second-order valence-electron chi connectivity index (χ2n) is 8.22. The lowest BCUT2D eigenvalue weighted by Gasteiger charge is -2.31. The number of nitrogens with one attached hydrogen (secondary N) is 3. The van der Waals surface area contributed by atoms with Crippen LogP contribution in [-0.4, -0.2) is 48.7 Å². The van der Waals surface area contributed by atoms with Gasteiger partial charge in [0, 0.05) is 32.2 Å². The first-order chi connectivity index (χ1) is 14.9. The fourth-order valence-electron chi connectivity index (χ4n) is 3.62. The molecule has 0 unspecified atom stereocenters. The van der Waals surface area contributed by atoms with Crippen LogP contribution in [0, 0.1) is 0 Å². The van der Waals surface area contributed by atoms with Crippen LogP contribution in [0.5, 0.6) is 0 Å². The number of rotatable bonds is 7. The molecule has 2 aromatic carbocycles. The van der Waals surface area contributed by atoms with Gasteiger partial charge in [-0.05, 0) is 44.0 Å². The van der Waals surface area contributed by atoms with E-state index >= 15 is 0 Å². The Balaban J connectivity index is 1.59. The summed E-state index contributed by atoms with van der Waals surface area (Å²) in [5, 5.41) is 8.48. The molecule has 0 spiro atoms. The number of amides is 3. The van der Waals surface area contributed by atoms with Crippen molar-refractivity contribution < 1.29 is 14.3 Å². The minimum atomic E-state index is -0.333. The molecule has 3 amide bonds. The van der Waals surface area contributed by atoms with E-state index in [-0.39, 0.29) is 24.1 Å². The largest absolute Gasteiger partial charge is 0.376 e. The van der Waals surface area contributed by atoms with Crippen molar-refractivity contribution in [3.05, 3.63) is 65.2 Å². The van der Waals surface area contributed by atoms with Crippen molar-refractivity contribution in [3.8, 4) is 0 Å². The van der Waals surface area contributed by atoms with E-state index in [4.69, 9.17) is 4.74 Å². The average molecular weight is 425 g/mol. The molecule has 7 nitrogen and oxygen atoms in total. The highest BCUT2D eigenvalue weighted by molar-refractivity contribution is 6.03. The smallest absolute Gasteiger partial charge is 0.319 e. The lowest BCUT2D eigenvalue weighted by Crippen LogP contribution is -2.40. The molecule has 0 aliphatic carbocycles. The molecule has 1 fully saturated rings. The Morgan fingerprint density at radius 1 is 1.13 bits per heavy atom. The first-order valence-electron chi connectivity index (χ1n) is 10.8. The number of carbonyl (C=O) groups excluding carboxylic acids is 2. The van der Waals surface area contributed by atoms with E-state index in [9.17, 15) is 9.59 Å². The summed E-state index contributed by atoms with van der Waals surface area (Å²) in [5.41, 5.74) is 3.16. The van der Waals surface area contributed by atoms with E-state index in [1.807, 2.05) is 26.0 Å². The number of benzene rings is 2. The summed E-state index contributed by atoms with van der Waals surface area (Å²) in [5.74, 6) is -0.229. The normalized spacial score (nSPS) is 16.7. The van der Waals surface area contributed by atoms with E-state index in [1.54, 1.807) is 24.3 Å². The number of urea groups is 1. The molecule has 2 aromatic rings. The van der Waals surface area contributed by atoms with E-state index in [1.165, 1.54) is 5.56 Å². The van der Waals surface area contributed by atoms with Gasteiger partial charge in [-0.3, -0.25) is 9.69 Å². The first-order valence-corrected chi connectivity index (χ1v) is 10.8. The van der Waals surface area contributed by atoms with Crippen LogP contribution >= 0.6 is 0 Å². The van der Waals surface area contributed by atoms with E-state index < -0.39 is 0 Å². The lowest BCUT2D eigenvalue weighted by atomic mass is 10.1. The van der Waals surface area contributed by atoms with Gasteiger partial charge in [0.1, 0.15) is 0 Å². The van der Waals surface area contributed by atoms with Gasteiger partial charge < -0.3 is 20.7 Å². The zero-order valence-electron chi connectivity index (χ0n) is 18.5. The highest BCUT2D eigenvalue weighted by atomic mass is 16.5. The summed E-state index contributed by atoms with van der Waals surface area (Å²) in [4.78, 5) is 27.2. The summed E-state index contributed by atoms with van der Waals surface area (Å²) in [6, 6.07) is 14.9. The summed E-state index contributed by atoms with van der Waals surface area (Å²) >= 11 is 0. The predicted octanol–water partition coefficient (Wildman–Crippen LogP) is 3.37. The standard InChI is InChI=1S/C24H32N4O3/c1-17(2)26-24(30)27-22-10-5-4-9-21(22)23(29)25-14-19-7-6-8-20(13-19)16-28-11-12-31-18(3)15-28/h4-10,13,17-18H,11-12,14-16H2,1-3H3,(H,25,29)(H2,26,27,30)/t18-/m1/s1. The number of carbonyl (C=O) groups is 2. The maximum absolute atomic E-state index is 12.8. The number of morpholine rings is 1. The fraction of sp³-hybridized carbons (Fsp3) is 0.417. The molecule has 0 radical (unpaired) electrons. The molecule has 1 aliphatic heterocycles. The molecule has 0 bridgehead atoms. The molecule has 3 N–H and O–H groups in total. The van der Waals surface area contributed by atoms with Crippen molar-refractivity contribution >= 4 is 17.6 Å². The van der Waals surface area contributed by atoms with Crippen LogP contribution in [0.3, 0.4) is 0 Å². The van der Waals surface area contributed by atoms with Gasteiger partial charge in [0.05, 0.1) is 24.0 Å². The zero-order chi connectivity index (χ0) is 22.2. The van der Waals surface area contributed by atoms with Gasteiger partial charge in [0.25, 0.3) is 5.91 Å². The fourth-order valence-corrected chi connectivity index (χ4v) is 3.62. The van der Waals surface area contributed by atoms with Crippen LogP contribution in [-0.2, 0) is 17.8 Å². The van der Waals surface area contributed by atoms with Crippen molar-refractivity contribution in [2.75, 3.05) is 25.0 Å². The first kappa shape index (κ1) is 22.8. The maximum Gasteiger partial charge on any atom is 0.319 e. The average Bonchev–Trinajstić information content (AvgIpc) is 2.72. The second kappa shape index (κ2) is 10.9. The molecule has 31 heavy (non-hydrogen) atoms. The van der Waals surface area contributed by atoms with E-state index in [0.29, 0.717) is 17.8 Å². The van der Waals surface area contributed by atoms with Crippen LogP contribution in [0.15, 0.2) is 48.5 Å². The number of ether oxygens (including phenoxy) is 1. The molecule has 1 aliphatic rings. The summed E-state index contributed by atoms with van der Waals surface area (Å²) in [6.07, 6.45) is 0.257. The Hall–Kier alpha value is -2.90. The summed E-state index contributed by atoms with van der Waals surface area (Å²) in [6.45, 7) is 9.76. The second-order valence-corrected chi connectivity index (χ2v) is 8.22. The molecule has 1 atom stereocenters. The molecular formula is C24H32N4O3. The number of hydrogen-bond acceptors (Lipinski definition) is 4. The molecule has 166 valence electrons. The Bertz CT molecular complexity index is 900. The summed E-state index contributed by atoms with van der Waals surface area (Å²) < 4.78 is 5.61. The van der Waals surface area contributed by atoms with E-state index in [2.05, 4.69) is 39.9 Å². The minimum Gasteiger partial charge on any atom is -0.376 e. The van der Waals surface area contributed by atoms with Crippen molar-refractivity contribution in [3.63, 3.8) is 0 Å². The molecule has 1 saturated heterocycles. The van der Waals surface area contributed by atoms with E-state index in [0.717, 1.165) is 31.8 Å². The highest BCUT2D eigenvalue weighted by Gasteiger charge is 2.17. The third kappa shape index (κ3) is 7.08. The lowest BCUT2D eigenvalue weighted by molar-refractivity contribution is -0.0212. The van der Waals surface area contributed by atoms with Crippen LogP contribution in [0.25, 0.3) is 0 Å². The van der Waals surface area contributed by atoms with Gasteiger partial charge in [-0.1, -0.05) is 36.4 Å². The van der Waals surface area contributed by atoms with Gasteiger partial charge >= 0.3 is 6.03 Å². The van der Waals surface area contributed by atoms with Crippen molar-refractivity contribution in [2.45, 2.75) is 46.0 Å². The van der Waals surface area contributed by atoms with Crippen LogP contribution in [0.1, 0.15) is 42.3 Å². The van der Waals surface area contributed by atoms with Gasteiger partial charge in [-0.2, -0.15) is 0 Å². The Morgan fingerprint density at radius 3 is 2.68 bits per heavy atom. The van der Waals surface area contributed by atoms with Gasteiger partial charge in [0.15, 0.2) is 0 Å². The van der Waals surface area contributed by atoms with Gasteiger partial charge in [0.2, 0.25) is 0 Å². The summed E-state index contributed by atoms with van der Waals surface area (Å²) in [7, 11) is 0. The van der Waals surface area contributed by atoms with Gasteiger partial charge in [-0.15, -0.1) is 0 Å². The molecule has 1 heterocycles. The third-order valence-electron chi connectivity index (χ3n) is 5.02. The third-order valence-corrected chi connectivity index (χ3v) is 5.02. The number of hydrogen-bond donors (Lipinski definition) is 3. The highest BCUT2D eigenvalue weighted by Crippen LogP contribution is 2.16. The Kier molecular flexibility index (Phi) is 8.03. The molecular weight excluding hydrogens is 392 g/mol. The van der Waals surface area contributed by atoms with Crippen LogP contribution in [0.4, 0.5) is 10.5 Å². The molecule has 0 aromatic heterocycles. The minimum absolute atomic E-state index is 0.00828. The maximum atomic E-state index is 12.8. The topological polar surface area (TPSA) is 82.7 Å². The van der Waals surface area contributed by atoms with Crippen molar-refractivity contribution in [1.82, 2.24) is 15.5 Å². The van der Waals surface area contributed by atoms with Crippen LogP contribution in [0.2, 0.25) is 0 Å². The number of nitrogens with zero attached hydrogens (tertiary/aromatic N) is 1. The Labute approximate surface area is 184 Å². The number of para-hydroxylation sites is 1. The molecule has 3 rings (SSSR count). The quantitative estimate of drug-likeness (QED) is 0.636. The number of anilines is 1. The van der Waals surface area contributed by atoms with Crippen LogP contribution < -0.4 is 16.0 Å². The molecule has 0 saturated carbocycles. The van der Waals surface area contributed by atoms with Crippen molar-refractivity contribution in [1.29, 1.82) is 0 Å². The van der Waals surface area contributed by atoms with Gasteiger partial charge in [-0.25, -0.2) is 4.79 Å². The Morgan fingerprint density at radius 2 is 1.90 bits per heavy atom. The SMILES string of the molecule is CC(C)NC(=O)Nc1ccccc1C(=O)NCc1cccc(CN2CCO[C@H](C)C2)c1. The van der Waals surface area contributed by atoms with Crippen molar-refractivity contribution in [2.24, 2.45) is 0 Å². The predicted molar refractivity (Wildman–Crippen MR) is 122 cm³/mol. The monoisotopic (exact) mass is 424 g/mol. The molecule has 7 heteroatoms.